The quantitative estimate of drug-likeness (QED) is 0.372. The zero-order valence-corrected chi connectivity index (χ0v) is 18.2. The number of amides is 1. The maximum absolute atomic E-state index is 12.4. The topological polar surface area (TPSA) is 100 Å². The molecule has 0 aliphatic heterocycles. The summed E-state index contributed by atoms with van der Waals surface area (Å²) in [6.07, 6.45) is 0. The Kier molecular flexibility index (Phi) is 8.02. The van der Waals surface area contributed by atoms with Gasteiger partial charge in [0.15, 0.2) is 6.61 Å². The number of Topliss-reactive ketones (excluding diaryl/α,β-unsaturated/α-hetero) is 1. The van der Waals surface area contributed by atoms with Crippen LogP contribution in [0.2, 0.25) is 0 Å². The van der Waals surface area contributed by atoms with Crippen LogP contribution in [0.1, 0.15) is 20.7 Å². The normalized spacial score (nSPS) is 10.1. The van der Waals surface area contributed by atoms with Crippen molar-refractivity contribution in [2.45, 2.75) is 0 Å². The van der Waals surface area contributed by atoms with E-state index in [4.69, 9.17) is 18.9 Å². The Balaban J connectivity index is 1.47. The standard InChI is InChI=1S/C25H23NO7/c1-30-20-12-13-23(31-2)21(14-20)22(27)16-32-24(28)15-26-25(29)17-8-10-19(11-9-17)33-18-6-4-3-5-7-18/h3-14H,15-16H2,1-2H3,(H,26,29). The molecule has 0 heterocycles. The number of para-hydroxylation sites is 1. The van der Waals surface area contributed by atoms with E-state index in [2.05, 4.69) is 5.32 Å². The van der Waals surface area contributed by atoms with Crippen molar-refractivity contribution in [2.75, 3.05) is 27.4 Å². The number of methoxy groups -OCH3 is 2. The van der Waals surface area contributed by atoms with Gasteiger partial charge in [0.1, 0.15) is 29.5 Å². The summed E-state index contributed by atoms with van der Waals surface area (Å²) in [4.78, 5) is 36.7. The summed E-state index contributed by atoms with van der Waals surface area (Å²) < 4.78 is 20.9. The van der Waals surface area contributed by atoms with Gasteiger partial charge in [0.05, 0.1) is 19.8 Å². The van der Waals surface area contributed by atoms with Gasteiger partial charge in [0.2, 0.25) is 5.78 Å². The van der Waals surface area contributed by atoms with Gasteiger partial charge in [0, 0.05) is 5.56 Å². The lowest BCUT2D eigenvalue weighted by atomic mass is 10.1. The van der Waals surface area contributed by atoms with E-state index < -0.39 is 24.3 Å². The molecule has 3 aromatic rings. The van der Waals surface area contributed by atoms with Crippen molar-refractivity contribution in [3.05, 3.63) is 83.9 Å². The highest BCUT2D eigenvalue weighted by Gasteiger charge is 2.16. The third-order valence-electron chi connectivity index (χ3n) is 4.56. The predicted octanol–water partition coefficient (Wildman–Crippen LogP) is 3.65. The van der Waals surface area contributed by atoms with Crippen molar-refractivity contribution in [3.63, 3.8) is 0 Å². The SMILES string of the molecule is COc1ccc(OC)c(C(=O)COC(=O)CNC(=O)c2ccc(Oc3ccccc3)cc2)c1. The van der Waals surface area contributed by atoms with Crippen molar-refractivity contribution < 1.29 is 33.3 Å². The maximum Gasteiger partial charge on any atom is 0.325 e. The minimum absolute atomic E-state index is 0.228. The number of ketones is 1. The zero-order chi connectivity index (χ0) is 23.6. The van der Waals surface area contributed by atoms with Crippen LogP contribution in [0.25, 0.3) is 0 Å². The second kappa shape index (κ2) is 11.3. The van der Waals surface area contributed by atoms with Gasteiger partial charge < -0.3 is 24.3 Å². The van der Waals surface area contributed by atoms with Crippen LogP contribution in [-0.2, 0) is 9.53 Å². The molecule has 0 saturated heterocycles. The first-order valence-electron chi connectivity index (χ1n) is 10.0. The van der Waals surface area contributed by atoms with E-state index in [1.807, 2.05) is 30.3 Å². The van der Waals surface area contributed by atoms with E-state index in [1.165, 1.54) is 20.3 Å². The Bertz CT molecular complexity index is 1110. The van der Waals surface area contributed by atoms with E-state index in [0.29, 0.717) is 28.6 Å². The number of ether oxygens (including phenoxy) is 4. The summed E-state index contributed by atoms with van der Waals surface area (Å²) >= 11 is 0. The summed E-state index contributed by atoms with van der Waals surface area (Å²) in [5.74, 6) is 0.394. The van der Waals surface area contributed by atoms with Gasteiger partial charge >= 0.3 is 5.97 Å². The Morgan fingerprint density at radius 1 is 0.788 bits per heavy atom. The molecule has 0 radical (unpaired) electrons. The molecule has 170 valence electrons. The van der Waals surface area contributed by atoms with Crippen LogP contribution >= 0.6 is 0 Å². The van der Waals surface area contributed by atoms with E-state index in [9.17, 15) is 14.4 Å². The van der Waals surface area contributed by atoms with Crippen LogP contribution in [0, 0.1) is 0 Å². The fourth-order valence-corrected chi connectivity index (χ4v) is 2.86. The molecule has 0 saturated carbocycles. The highest BCUT2D eigenvalue weighted by atomic mass is 16.5. The van der Waals surface area contributed by atoms with Crippen LogP contribution in [0.3, 0.4) is 0 Å². The first kappa shape index (κ1) is 23.3. The molecule has 0 aromatic heterocycles. The number of nitrogens with one attached hydrogen (secondary N) is 1. The van der Waals surface area contributed by atoms with Crippen molar-refractivity contribution in [1.29, 1.82) is 0 Å². The summed E-state index contributed by atoms with van der Waals surface area (Å²) in [6.45, 7) is -0.882. The fourth-order valence-electron chi connectivity index (χ4n) is 2.86. The highest BCUT2D eigenvalue weighted by Crippen LogP contribution is 2.24. The zero-order valence-electron chi connectivity index (χ0n) is 18.2. The lowest BCUT2D eigenvalue weighted by Crippen LogP contribution is -2.31. The number of carbonyl (C=O) groups is 3. The molecule has 0 aliphatic carbocycles. The molecular formula is C25H23NO7. The van der Waals surface area contributed by atoms with Gasteiger partial charge in [-0.15, -0.1) is 0 Å². The fraction of sp³-hybridized carbons (Fsp3) is 0.160. The summed E-state index contributed by atoms with van der Waals surface area (Å²) in [5, 5.41) is 2.46. The van der Waals surface area contributed by atoms with Crippen molar-refractivity contribution in [2.24, 2.45) is 0 Å². The Morgan fingerprint density at radius 2 is 1.45 bits per heavy atom. The number of esters is 1. The third kappa shape index (κ3) is 6.57. The first-order chi connectivity index (χ1) is 16.0. The Hall–Kier alpha value is -4.33. The summed E-state index contributed by atoms with van der Waals surface area (Å²) in [7, 11) is 2.91. The molecule has 1 N–H and O–H groups in total. The van der Waals surface area contributed by atoms with Gasteiger partial charge in [-0.2, -0.15) is 0 Å². The number of hydrogen-bond donors (Lipinski definition) is 1. The van der Waals surface area contributed by atoms with Gasteiger partial charge in [-0.1, -0.05) is 18.2 Å². The van der Waals surface area contributed by atoms with Gasteiger partial charge in [0.25, 0.3) is 5.91 Å². The van der Waals surface area contributed by atoms with Crippen LogP contribution in [-0.4, -0.2) is 45.0 Å². The van der Waals surface area contributed by atoms with E-state index in [1.54, 1.807) is 36.4 Å². The van der Waals surface area contributed by atoms with E-state index in [-0.39, 0.29) is 12.1 Å². The van der Waals surface area contributed by atoms with Gasteiger partial charge in [-0.3, -0.25) is 14.4 Å². The Labute approximate surface area is 191 Å². The molecule has 0 bridgehead atoms. The van der Waals surface area contributed by atoms with E-state index in [0.717, 1.165) is 0 Å². The highest BCUT2D eigenvalue weighted by molar-refractivity contribution is 6.01. The maximum atomic E-state index is 12.4. The van der Waals surface area contributed by atoms with Crippen molar-refractivity contribution in [3.8, 4) is 23.0 Å². The summed E-state index contributed by atoms with van der Waals surface area (Å²) in [5.41, 5.74) is 0.576. The van der Waals surface area contributed by atoms with Crippen LogP contribution in [0.15, 0.2) is 72.8 Å². The molecule has 8 nitrogen and oxygen atoms in total. The average Bonchev–Trinajstić information content (AvgIpc) is 2.86. The van der Waals surface area contributed by atoms with Crippen LogP contribution < -0.4 is 19.5 Å². The van der Waals surface area contributed by atoms with Crippen LogP contribution in [0.5, 0.6) is 23.0 Å². The monoisotopic (exact) mass is 449 g/mol. The Morgan fingerprint density at radius 3 is 2.12 bits per heavy atom. The lowest BCUT2D eigenvalue weighted by Gasteiger charge is -2.10. The largest absolute Gasteiger partial charge is 0.497 e. The number of rotatable bonds is 10. The van der Waals surface area contributed by atoms with Crippen molar-refractivity contribution in [1.82, 2.24) is 5.32 Å². The summed E-state index contributed by atoms with van der Waals surface area (Å²) in [6, 6.07) is 20.5. The minimum Gasteiger partial charge on any atom is -0.497 e. The third-order valence-corrected chi connectivity index (χ3v) is 4.56. The molecule has 0 fully saturated rings. The molecule has 0 atom stereocenters. The number of carbonyl (C=O) groups excluding carboxylic acids is 3. The second-order valence-electron chi connectivity index (χ2n) is 6.77. The average molecular weight is 449 g/mol. The predicted molar refractivity (Wildman–Crippen MR) is 120 cm³/mol. The van der Waals surface area contributed by atoms with Gasteiger partial charge in [-0.05, 0) is 54.6 Å². The van der Waals surface area contributed by atoms with Crippen molar-refractivity contribution >= 4 is 17.7 Å². The second-order valence-corrected chi connectivity index (χ2v) is 6.77. The minimum atomic E-state index is -0.748. The molecule has 3 aromatic carbocycles. The molecular weight excluding hydrogens is 426 g/mol. The number of benzene rings is 3. The molecule has 0 unspecified atom stereocenters. The molecule has 0 aliphatic rings. The number of hydrogen-bond acceptors (Lipinski definition) is 7. The molecule has 3 rings (SSSR count). The lowest BCUT2D eigenvalue weighted by molar-refractivity contribution is -0.141. The first-order valence-corrected chi connectivity index (χ1v) is 10.0. The molecule has 33 heavy (non-hydrogen) atoms. The van der Waals surface area contributed by atoms with Crippen LogP contribution in [0.4, 0.5) is 0 Å². The van der Waals surface area contributed by atoms with E-state index >= 15 is 0 Å². The molecule has 1 amide bonds. The molecule has 8 heteroatoms. The molecule has 0 spiro atoms. The smallest absolute Gasteiger partial charge is 0.325 e. The van der Waals surface area contributed by atoms with Gasteiger partial charge in [-0.25, -0.2) is 0 Å².